The van der Waals surface area contributed by atoms with Crippen molar-refractivity contribution in [1.29, 1.82) is 0 Å². The molecule has 2 aliphatic rings. The number of hydrogen-bond donors (Lipinski definition) is 1. The van der Waals surface area contributed by atoms with Gasteiger partial charge in [-0.05, 0) is 42.3 Å². The molecular formula is C28H27N5O3S. The fraction of sp³-hybridized carbons (Fsp3) is 0.250. The lowest BCUT2D eigenvalue weighted by Crippen LogP contribution is -2.35. The number of rotatable bonds is 5. The van der Waals surface area contributed by atoms with Crippen LogP contribution in [0.3, 0.4) is 0 Å². The summed E-state index contributed by atoms with van der Waals surface area (Å²) in [7, 11) is -3.59. The van der Waals surface area contributed by atoms with Crippen molar-refractivity contribution in [2.24, 2.45) is 0 Å². The van der Waals surface area contributed by atoms with Crippen molar-refractivity contribution in [3.05, 3.63) is 84.2 Å². The zero-order valence-corrected chi connectivity index (χ0v) is 21.1. The van der Waals surface area contributed by atoms with E-state index in [1.54, 1.807) is 16.4 Å². The number of anilines is 1. The number of hydrogen-bond acceptors (Lipinski definition) is 7. The molecule has 188 valence electrons. The number of aromatic nitrogens is 2. The van der Waals surface area contributed by atoms with Crippen molar-refractivity contribution >= 4 is 32.5 Å². The summed E-state index contributed by atoms with van der Waals surface area (Å²) in [6.45, 7) is 2.95. The molecule has 2 aliphatic heterocycles. The molecule has 1 fully saturated rings. The summed E-state index contributed by atoms with van der Waals surface area (Å²) < 4.78 is 28.4. The summed E-state index contributed by atoms with van der Waals surface area (Å²) in [6, 6.07) is 22.6. The third kappa shape index (κ3) is 4.61. The minimum Gasteiger partial charge on any atom is -0.362 e. The van der Waals surface area contributed by atoms with E-state index < -0.39 is 10.0 Å². The highest BCUT2D eigenvalue weighted by atomic mass is 32.2. The van der Waals surface area contributed by atoms with Crippen molar-refractivity contribution in [2.45, 2.75) is 17.9 Å². The van der Waals surface area contributed by atoms with Gasteiger partial charge in [-0.3, -0.25) is 9.69 Å². The van der Waals surface area contributed by atoms with Crippen LogP contribution in [0.2, 0.25) is 0 Å². The molecule has 3 aromatic carbocycles. The summed E-state index contributed by atoms with van der Waals surface area (Å²) in [5.41, 5.74) is 3.45. The average molecular weight is 514 g/mol. The lowest BCUT2D eigenvalue weighted by molar-refractivity contribution is 0.101. The van der Waals surface area contributed by atoms with Crippen LogP contribution in [0.5, 0.6) is 0 Å². The van der Waals surface area contributed by atoms with Gasteiger partial charge < -0.3 is 5.32 Å². The molecule has 0 unspecified atom stereocenters. The quantitative estimate of drug-likeness (QED) is 0.434. The molecule has 0 aliphatic carbocycles. The van der Waals surface area contributed by atoms with Crippen molar-refractivity contribution in [2.75, 3.05) is 38.0 Å². The van der Waals surface area contributed by atoms with E-state index in [4.69, 9.17) is 9.97 Å². The van der Waals surface area contributed by atoms with E-state index in [0.29, 0.717) is 48.3 Å². The van der Waals surface area contributed by atoms with Crippen LogP contribution >= 0.6 is 0 Å². The minimum absolute atomic E-state index is 0.0398. The third-order valence-corrected chi connectivity index (χ3v) is 8.91. The number of nitrogens with zero attached hydrogens (tertiary/aromatic N) is 4. The van der Waals surface area contributed by atoms with Gasteiger partial charge in [-0.1, -0.05) is 54.6 Å². The Hall–Kier alpha value is -3.66. The number of ketones is 1. The second-order valence-electron chi connectivity index (χ2n) is 9.39. The molecule has 0 spiro atoms. The van der Waals surface area contributed by atoms with Crippen LogP contribution in [-0.2, 0) is 16.6 Å². The Balaban J connectivity index is 1.16. The normalized spacial score (nSPS) is 16.9. The van der Waals surface area contributed by atoms with E-state index in [2.05, 4.69) is 10.2 Å². The van der Waals surface area contributed by atoms with E-state index in [1.165, 1.54) is 0 Å². The fourth-order valence-electron chi connectivity index (χ4n) is 5.07. The SMILES string of the molecule is O=C1CNc2nc(CN3CCCN(S(=O)(=O)c4ccc(-c5ccccc5)cc4)CC3)nc3cccc1c23. The Bertz CT molecular complexity index is 1570. The van der Waals surface area contributed by atoms with Gasteiger partial charge in [-0.15, -0.1) is 0 Å². The highest BCUT2D eigenvalue weighted by molar-refractivity contribution is 7.89. The average Bonchev–Trinajstić information content (AvgIpc) is 3.17. The predicted octanol–water partition coefficient (Wildman–Crippen LogP) is 3.80. The zero-order valence-electron chi connectivity index (χ0n) is 20.3. The lowest BCUT2D eigenvalue weighted by Gasteiger charge is -2.22. The van der Waals surface area contributed by atoms with E-state index in [-0.39, 0.29) is 12.3 Å². The minimum atomic E-state index is -3.59. The molecule has 37 heavy (non-hydrogen) atoms. The van der Waals surface area contributed by atoms with E-state index >= 15 is 0 Å². The molecule has 8 nitrogen and oxygen atoms in total. The van der Waals surface area contributed by atoms with Crippen molar-refractivity contribution in [1.82, 2.24) is 19.2 Å². The predicted molar refractivity (Wildman–Crippen MR) is 143 cm³/mol. The highest BCUT2D eigenvalue weighted by Crippen LogP contribution is 2.29. The van der Waals surface area contributed by atoms with Crippen molar-refractivity contribution in [3.63, 3.8) is 0 Å². The van der Waals surface area contributed by atoms with Crippen LogP contribution in [0.1, 0.15) is 22.6 Å². The summed E-state index contributed by atoms with van der Waals surface area (Å²) in [6.07, 6.45) is 0.721. The topological polar surface area (TPSA) is 95.5 Å². The van der Waals surface area contributed by atoms with Crippen molar-refractivity contribution in [3.8, 4) is 11.1 Å². The van der Waals surface area contributed by atoms with Crippen LogP contribution < -0.4 is 5.32 Å². The number of sulfonamides is 1. The van der Waals surface area contributed by atoms with Gasteiger partial charge >= 0.3 is 0 Å². The van der Waals surface area contributed by atoms with Gasteiger partial charge in [0.2, 0.25) is 10.0 Å². The third-order valence-electron chi connectivity index (χ3n) is 7.00. The smallest absolute Gasteiger partial charge is 0.243 e. The van der Waals surface area contributed by atoms with Crippen LogP contribution in [0.25, 0.3) is 22.0 Å². The second kappa shape index (κ2) is 9.66. The first-order valence-electron chi connectivity index (χ1n) is 12.4. The first-order chi connectivity index (χ1) is 18.0. The first-order valence-corrected chi connectivity index (χ1v) is 13.9. The van der Waals surface area contributed by atoms with Crippen LogP contribution in [0.15, 0.2) is 77.7 Å². The Morgan fingerprint density at radius 1 is 0.811 bits per heavy atom. The molecule has 0 amide bonds. The zero-order chi connectivity index (χ0) is 25.4. The summed E-state index contributed by atoms with van der Waals surface area (Å²) in [4.78, 5) is 24.1. The number of nitrogens with one attached hydrogen (secondary N) is 1. The van der Waals surface area contributed by atoms with Gasteiger partial charge in [-0.2, -0.15) is 4.31 Å². The Labute approximate surface area is 216 Å². The summed E-state index contributed by atoms with van der Waals surface area (Å²) in [5.74, 6) is 1.39. The van der Waals surface area contributed by atoms with Gasteiger partial charge in [0.05, 0.1) is 28.9 Å². The van der Waals surface area contributed by atoms with E-state index in [1.807, 2.05) is 60.7 Å². The van der Waals surface area contributed by atoms with Crippen LogP contribution in [0.4, 0.5) is 5.82 Å². The highest BCUT2D eigenvalue weighted by Gasteiger charge is 2.28. The first kappa shape index (κ1) is 23.7. The van der Waals surface area contributed by atoms with E-state index in [9.17, 15) is 13.2 Å². The molecule has 4 aromatic rings. The number of carbonyl (C=O) groups is 1. The fourth-order valence-corrected chi connectivity index (χ4v) is 6.54. The largest absolute Gasteiger partial charge is 0.362 e. The molecule has 1 N–H and O–H groups in total. The molecule has 9 heteroatoms. The maximum absolute atomic E-state index is 13.4. The Kier molecular flexibility index (Phi) is 6.19. The lowest BCUT2D eigenvalue weighted by atomic mass is 10.0. The van der Waals surface area contributed by atoms with Gasteiger partial charge in [0, 0.05) is 25.2 Å². The number of Topliss-reactive ketones (excluding diaryl/α,β-unsaturated/α-hetero) is 1. The standard InChI is InChI=1S/C28H27N5O3S/c34-25-18-29-28-27-23(25)8-4-9-24(27)30-26(31-28)19-32-14-5-15-33(17-16-32)37(35,36)22-12-10-21(11-13-22)20-6-2-1-3-7-20/h1-4,6-13H,5,14-19H2,(H,29,30,31). The molecule has 0 bridgehead atoms. The van der Waals surface area contributed by atoms with Crippen LogP contribution in [-0.4, -0.2) is 66.1 Å². The van der Waals surface area contributed by atoms with Gasteiger partial charge in [0.1, 0.15) is 11.6 Å². The second-order valence-corrected chi connectivity index (χ2v) is 11.3. The van der Waals surface area contributed by atoms with E-state index in [0.717, 1.165) is 35.0 Å². The van der Waals surface area contributed by atoms with Gasteiger partial charge in [0.25, 0.3) is 0 Å². The number of benzene rings is 3. The maximum atomic E-state index is 13.4. The maximum Gasteiger partial charge on any atom is 0.243 e. The van der Waals surface area contributed by atoms with Crippen LogP contribution in [0, 0.1) is 0 Å². The van der Waals surface area contributed by atoms with Gasteiger partial charge in [-0.25, -0.2) is 18.4 Å². The number of carbonyl (C=O) groups excluding carboxylic acids is 1. The molecule has 0 saturated carbocycles. The van der Waals surface area contributed by atoms with Gasteiger partial charge in [0.15, 0.2) is 5.78 Å². The molecule has 1 aromatic heterocycles. The molecule has 3 heterocycles. The summed E-state index contributed by atoms with van der Waals surface area (Å²) in [5, 5.41) is 3.89. The Morgan fingerprint density at radius 3 is 2.41 bits per heavy atom. The summed E-state index contributed by atoms with van der Waals surface area (Å²) >= 11 is 0. The van der Waals surface area contributed by atoms with Crippen molar-refractivity contribution < 1.29 is 13.2 Å². The molecule has 6 rings (SSSR count). The molecule has 0 radical (unpaired) electrons. The molecule has 1 saturated heterocycles. The molecule has 0 atom stereocenters. The molecular weight excluding hydrogens is 486 g/mol. The monoisotopic (exact) mass is 513 g/mol. The Morgan fingerprint density at radius 2 is 1.59 bits per heavy atom.